The Bertz CT molecular complexity index is 687. The first-order valence-electron chi connectivity index (χ1n) is 6.87. The van der Waals surface area contributed by atoms with Crippen molar-refractivity contribution in [3.05, 3.63) is 37.5 Å². The van der Waals surface area contributed by atoms with Crippen molar-refractivity contribution >= 4 is 51.6 Å². The van der Waals surface area contributed by atoms with Crippen molar-refractivity contribution in [3.8, 4) is 11.4 Å². The molecule has 0 saturated heterocycles. The van der Waals surface area contributed by atoms with E-state index in [0.29, 0.717) is 21.8 Å². The van der Waals surface area contributed by atoms with E-state index in [9.17, 15) is 0 Å². The highest BCUT2D eigenvalue weighted by molar-refractivity contribution is 14.1. The van der Waals surface area contributed by atoms with Gasteiger partial charge in [-0.2, -0.15) is 0 Å². The van der Waals surface area contributed by atoms with Crippen LogP contribution in [0.5, 0.6) is 0 Å². The Morgan fingerprint density at radius 1 is 1.29 bits per heavy atom. The van der Waals surface area contributed by atoms with Crippen LogP contribution in [0.4, 0.5) is 5.82 Å². The first kappa shape index (κ1) is 15.3. The van der Waals surface area contributed by atoms with Crippen LogP contribution in [0.2, 0.25) is 10.0 Å². The number of anilines is 1. The smallest absolute Gasteiger partial charge is 0.163 e. The molecule has 1 aromatic heterocycles. The molecule has 1 heterocycles. The van der Waals surface area contributed by atoms with Gasteiger partial charge in [0.15, 0.2) is 5.82 Å². The van der Waals surface area contributed by atoms with Crippen molar-refractivity contribution in [1.82, 2.24) is 9.97 Å². The van der Waals surface area contributed by atoms with Crippen LogP contribution in [0.25, 0.3) is 11.4 Å². The molecule has 0 amide bonds. The fraction of sp³-hybridized carbons (Fsp3) is 0.333. The predicted octanol–water partition coefficient (Wildman–Crippen LogP) is 5.36. The molecular formula is C15H14Cl2IN3. The summed E-state index contributed by atoms with van der Waals surface area (Å²) >= 11 is 14.7. The molecule has 21 heavy (non-hydrogen) atoms. The van der Waals surface area contributed by atoms with Gasteiger partial charge in [0, 0.05) is 18.0 Å². The molecule has 3 nitrogen and oxygen atoms in total. The molecule has 0 aliphatic heterocycles. The van der Waals surface area contributed by atoms with E-state index in [1.807, 2.05) is 12.1 Å². The Morgan fingerprint density at radius 2 is 2.05 bits per heavy atom. The number of rotatable bonds is 4. The molecule has 110 valence electrons. The molecule has 1 aromatic carbocycles. The number of hydrogen-bond acceptors (Lipinski definition) is 3. The average molecular weight is 434 g/mol. The van der Waals surface area contributed by atoms with E-state index < -0.39 is 0 Å². The zero-order valence-corrected chi connectivity index (χ0v) is 15.1. The minimum Gasteiger partial charge on any atom is -0.369 e. The number of halogens is 3. The molecule has 3 rings (SSSR count). The lowest BCUT2D eigenvalue weighted by atomic mass is 10.2. The van der Waals surface area contributed by atoms with Crippen molar-refractivity contribution in [3.63, 3.8) is 0 Å². The van der Waals surface area contributed by atoms with Gasteiger partial charge in [0.25, 0.3) is 0 Å². The summed E-state index contributed by atoms with van der Waals surface area (Å²) in [4.78, 5) is 9.38. The minimum atomic E-state index is 0.504. The lowest BCUT2D eigenvalue weighted by Crippen LogP contribution is -2.07. The second-order valence-electron chi connectivity index (χ2n) is 5.00. The number of aromatic nitrogens is 2. The highest BCUT2D eigenvalue weighted by Gasteiger charge is 2.29. The standard InChI is InChI=1S/C15H14Cl2IN3/c1-2-19-15-12(18)13(8-6-7-8)20-14(21-15)9-4-3-5-10(16)11(9)17/h3-5,8H,2,6-7H2,1H3,(H,19,20,21). The van der Waals surface area contributed by atoms with Crippen LogP contribution < -0.4 is 5.32 Å². The highest BCUT2D eigenvalue weighted by atomic mass is 127. The van der Waals surface area contributed by atoms with Crippen LogP contribution in [0.15, 0.2) is 18.2 Å². The fourth-order valence-corrected chi connectivity index (χ4v) is 3.43. The predicted molar refractivity (Wildman–Crippen MR) is 96.3 cm³/mol. The molecule has 0 spiro atoms. The molecule has 0 atom stereocenters. The zero-order chi connectivity index (χ0) is 15.0. The summed E-state index contributed by atoms with van der Waals surface area (Å²) in [6.07, 6.45) is 2.39. The molecule has 0 bridgehead atoms. The maximum Gasteiger partial charge on any atom is 0.163 e. The number of nitrogens with zero attached hydrogens (tertiary/aromatic N) is 2. The van der Waals surface area contributed by atoms with Crippen LogP contribution in [0, 0.1) is 3.57 Å². The van der Waals surface area contributed by atoms with Crippen molar-refractivity contribution < 1.29 is 0 Å². The van der Waals surface area contributed by atoms with Crippen LogP contribution in [-0.4, -0.2) is 16.5 Å². The minimum absolute atomic E-state index is 0.504. The van der Waals surface area contributed by atoms with Crippen molar-refractivity contribution in [2.45, 2.75) is 25.7 Å². The van der Waals surface area contributed by atoms with Gasteiger partial charge in [-0.15, -0.1) is 0 Å². The van der Waals surface area contributed by atoms with Crippen LogP contribution in [0.1, 0.15) is 31.4 Å². The van der Waals surface area contributed by atoms with Gasteiger partial charge < -0.3 is 5.32 Å². The number of hydrogen-bond donors (Lipinski definition) is 1. The maximum atomic E-state index is 6.31. The third kappa shape index (κ3) is 3.12. The molecule has 6 heteroatoms. The third-order valence-corrected chi connectivity index (χ3v) is 5.26. The van der Waals surface area contributed by atoms with Gasteiger partial charge in [0.1, 0.15) is 5.82 Å². The van der Waals surface area contributed by atoms with Crippen LogP contribution in [0.3, 0.4) is 0 Å². The van der Waals surface area contributed by atoms with Crippen LogP contribution >= 0.6 is 45.8 Å². The fourth-order valence-electron chi connectivity index (χ4n) is 2.17. The van der Waals surface area contributed by atoms with Gasteiger partial charge in [0.2, 0.25) is 0 Å². The normalized spacial score (nSPS) is 14.3. The Hall–Kier alpha value is -0.590. The van der Waals surface area contributed by atoms with E-state index in [0.717, 1.165) is 27.2 Å². The Labute approximate surface area is 147 Å². The Morgan fingerprint density at radius 3 is 2.71 bits per heavy atom. The summed E-state index contributed by atoms with van der Waals surface area (Å²) in [5, 5.41) is 4.34. The van der Waals surface area contributed by atoms with E-state index in [4.69, 9.17) is 28.2 Å². The number of nitrogens with one attached hydrogen (secondary N) is 1. The van der Waals surface area contributed by atoms with E-state index in [1.165, 1.54) is 12.8 Å². The quantitative estimate of drug-likeness (QED) is 0.659. The molecule has 2 aromatic rings. The molecule has 0 radical (unpaired) electrons. The van der Waals surface area contributed by atoms with E-state index in [1.54, 1.807) is 6.07 Å². The SMILES string of the molecule is CCNc1nc(-c2cccc(Cl)c2Cl)nc(C2CC2)c1I. The molecule has 1 saturated carbocycles. The topological polar surface area (TPSA) is 37.8 Å². The van der Waals surface area contributed by atoms with Gasteiger partial charge in [-0.1, -0.05) is 29.3 Å². The van der Waals surface area contributed by atoms with E-state index in [2.05, 4.69) is 39.8 Å². The summed E-state index contributed by atoms with van der Waals surface area (Å²) in [5.41, 5.74) is 1.90. The molecule has 1 aliphatic carbocycles. The van der Waals surface area contributed by atoms with Gasteiger partial charge in [-0.25, -0.2) is 9.97 Å². The van der Waals surface area contributed by atoms with Gasteiger partial charge in [0.05, 0.1) is 19.3 Å². The van der Waals surface area contributed by atoms with Gasteiger partial charge in [-0.05, 0) is 54.5 Å². The third-order valence-electron chi connectivity index (χ3n) is 3.38. The molecule has 1 fully saturated rings. The summed E-state index contributed by atoms with van der Waals surface area (Å²) in [6, 6.07) is 5.55. The van der Waals surface area contributed by atoms with Gasteiger partial charge >= 0.3 is 0 Å². The first-order chi connectivity index (χ1) is 10.1. The summed E-state index contributed by atoms with van der Waals surface area (Å²) in [5.74, 6) is 2.07. The highest BCUT2D eigenvalue weighted by Crippen LogP contribution is 2.43. The molecule has 1 N–H and O–H groups in total. The lowest BCUT2D eigenvalue weighted by Gasteiger charge is -2.13. The lowest BCUT2D eigenvalue weighted by molar-refractivity contribution is 0.972. The summed E-state index contributed by atoms with van der Waals surface area (Å²) in [6.45, 7) is 2.88. The maximum absolute atomic E-state index is 6.31. The second-order valence-corrected chi connectivity index (χ2v) is 6.86. The average Bonchev–Trinajstić information content (AvgIpc) is 3.29. The van der Waals surface area contributed by atoms with E-state index in [-0.39, 0.29) is 0 Å². The summed E-state index contributed by atoms with van der Waals surface area (Å²) < 4.78 is 1.11. The Balaban J connectivity index is 2.15. The summed E-state index contributed by atoms with van der Waals surface area (Å²) in [7, 11) is 0. The largest absolute Gasteiger partial charge is 0.369 e. The van der Waals surface area contributed by atoms with Crippen LogP contribution in [-0.2, 0) is 0 Å². The molecule has 0 unspecified atom stereocenters. The van der Waals surface area contributed by atoms with Gasteiger partial charge in [-0.3, -0.25) is 0 Å². The zero-order valence-electron chi connectivity index (χ0n) is 11.5. The van der Waals surface area contributed by atoms with E-state index >= 15 is 0 Å². The first-order valence-corrected chi connectivity index (χ1v) is 8.71. The Kier molecular flexibility index (Phi) is 4.57. The molecular weight excluding hydrogens is 420 g/mol. The monoisotopic (exact) mass is 433 g/mol. The second kappa shape index (κ2) is 6.26. The number of benzene rings is 1. The van der Waals surface area contributed by atoms with Crippen molar-refractivity contribution in [2.75, 3.05) is 11.9 Å². The van der Waals surface area contributed by atoms with Crippen molar-refractivity contribution in [1.29, 1.82) is 0 Å². The molecule has 1 aliphatic rings. The van der Waals surface area contributed by atoms with Crippen molar-refractivity contribution in [2.24, 2.45) is 0 Å².